The van der Waals surface area contributed by atoms with Crippen molar-refractivity contribution in [3.05, 3.63) is 0 Å². The van der Waals surface area contributed by atoms with Crippen molar-refractivity contribution in [2.45, 2.75) is 57.6 Å². The van der Waals surface area contributed by atoms with Crippen LogP contribution in [0.25, 0.3) is 0 Å². The van der Waals surface area contributed by atoms with Crippen LogP contribution in [0, 0.1) is 5.92 Å². The molecule has 1 rings (SSSR count). The van der Waals surface area contributed by atoms with Crippen molar-refractivity contribution in [1.82, 2.24) is 0 Å². The van der Waals surface area contributed by atoms with Crippen molar-refractivity contribution in [2.75, 3.05) is 33.5 Å². The molecule has 0 heterocycles. The van der Waals surface area contributed by atoms with Crippen LogP contribution in [0.1, 0.15) is 45.4 Å². The Morgan fingerprint density at radius 1 is 1.11 bits per heavy atom. The second-order valence-corrected chi connectivity index (χ2v) is 5.50. The Bertz CT molecular complexity index is 214. The third kappa shape index (κ3) is 7.25. The molecule has 4 heteroatoms. The maximum atomic E-state index is 6.15. The smallest absolute Gasteiger partial charge is 0.0728 e. The molecule has 0 radical (unpaired) electrons. The van der Waals surface area contributed by atoms with Crippen LogP contribution in [0.2, 0.25) is 0 Å². The van der Waals surface area contributed by atoms with Gasteiger partial charge in [-0.3, -0.25) is 0 Å². The molecule has 1 saturated carbocycles. The SMILES string of the molecule is CCCC1CCC(N)C(OCCCOCCOC)C1. The van der Waals surface area contributed by atoms with Crippen LogP contribution in [0.4, 0.5) is 0 Å². The lowest BCUT2D eigenvalue weighted by molar-refractivity contribution is -0.0138. The van der Waals surface area contributed by atoms with Crippen LogP contribution >= 0.6 is 0 Å². The van der Waals surface area contributed by atoms with Crippen molar-refractivity contribution in [2.24, 2.45) is 11.7 Å². The van der Waals surface area contributed by atoms with Gasteiger partial charge in [-0.1, -0.05) is 19.8 Å². The first-order chi connectivity index (χ1) is 9.27. The summed E-state index contributed by atoms with van der Waals surface area (Å²) in [6, 6.07) is 0.225. The molecule has 0 spiro atoms. The highest BCUT2D eigenvalue weighted by Crippen LogP contribution is 2.29. The van der Waals surface area contributed by atoms with E-state index in [1.165, 1.54) is 19.3 Å². The standard InChI is InChI=1S/C15H31NO3/c1-3-5-13-6-7-14(16)15(12-13)19-9-4-8-18-11-10-17-2/h13-15H,3-12,16H2,1-2H3. The molecule has 3 atom stereocenters. The summed E-state index contributed by atoms with van der Waals surface area (Å²) in [7, 11) is 1.68. The summed E-state index contributed by atoms with van der Waals surface area (Å²) in [5.74, 6) is 0.813. The summed E-state index contributed by atoms with van der Waals surface area (Å²) in [6.45, 7) is 5.07. The lowest BCUT2D eigenvalue weighted by Crippen LogP contribution is -2.42. The lowest BCUT2D eigenvalue weighted by Gasteiger charge is -2.34. The van der Waals surface area contributed by atoms with Gasteiger partial charge in [-0.05, 0) is 31.6 Å². The highest BCUT2D eigenvalue weighted by Gasteiger charge is 2.28. The van der Waals surface area contributed by atoms with E-state index in [9.17, 15) is 0 Å². The molecule has 1 aliphatic rings. The van der Waals surface area contributed by atoms with Crippen molar-refractivity contribution in [3.63, 3.8) is 0 Å². The second-order valence-electron chi connectivity index (χ2n) is 5.50. The van der Waals surface area contributed by atoms with Gasteiger partial charge < -0.3 is 19.9 Å². The Hall–Kier alpha value is -0.160. The highest BCUT2D eigenvalue weighted by atomic mass is 16.5. The van der Waals surface area contributed by atoms with Crippen LogP contribution in [-0.4, -0.2) is 45.7 Å². The van der Waals surface area contributed by atoms with Gasteiger partial charge >= 0.3 is 0 Å². The number of hydrogen-bond donors (Lipinski definition) is 1. The van der Waals surface area contributed by atoms with Crippen LogP contribution in [0.5, 0.6) is 0 Å². The first-order valence-electron chi connectivity index (χ1n) is 7.71. The molecule has 3 unspecified atom stereocenters. The number of nitrogens with two attached hydrogens (primary N) is 1. The summed E-state index contributed by atoms with van der Waals surface area (Å²) < 4.78 is 16.3. The number of ether oxygens (including phenoxy) is 3. The van der Waals surface area contributed by atoms with E-state index in [1.807, 2.05) is 0 Å². The Morgan fingerprint density at radius 2 is 1.95 bits per heavy atom. The summed E-state index contributed by atoms with van der Waals surface area (Å²) in [4.78, 5) is 0. The van der Waals surface area contributed by atoms with E-state index in [1.54, 1.807) is 7.11 Å². The van der Waals surface area contributed by atoms with Crippen molar-refractivity contribution in [1.29, 1.82) is 0 Å². The molecule has 114 valence electrons. The second kappa shape index (κ2) is 10.6. The Morgan fingerprint density at radius 3 is 2.68 bits per heavy atom. The molecule has 0 aliphatic heterocycles. The van der Waals surface area contributed by atoms with Gasteiger partial charge in [-0.2, -0.15) is 0 Å². The first kappa shape index (κ1) is 16.9. The van der Waals surface area contributed by atoms with Gasteiger partial charge in [0.05, 0.1) is 19.3 Å². The van der Waals surface area contributed by atoms with E-state index in [-0.39, 0.29) is 12.1 Å². The number of methoxy groups -OCH3 is 1. The number of hydrogen-bond acceptors (Lipinski definition) is 4. The maximum absolute atomic E-state index is 6.15. The van der Waals surface area contributed by atoms with Crippen molar-refractivity contribution >= 4 is 0 Å². The molecular formula is C15H31NO3. The normalized spacial score (nSPS) is 27.6. The molecular weight excluding hydrogens is 242 g/mol. The largest absolute Gasteiger partial charge is 0.382 e. The van der Waals surface area contributed by atoms with Crippen molar-refractivity contribution < 1.29 is 14.2 Å². The molecule has 0 aromatic carbocycles. The zero-order valence-corrected chi connectivity index (χ0v) is 12.6. The fourth-order valence-corrected chi connectivity index (χ4v) is 2.74. The zero-order chi connectivity index (χ0) is 13.9. The van der Waals surface area contributed by atoms with Gasteiger partial charge in [-0.15, -0.1) is 0 Å². The predicted octanol–water partition coefficient (Wildman–Crippen LogP) is 2.35. The van der Waals surface area contributed by atoms with Gasteiger partial charge in [-0.25, -0.2) is 0 Å². The molecule has 0 aromatic rings. The predicted molar refractivity (Wildman–Crippen MR) is 77.3 cm³/mol. The highest BCUT2D eigenvalue weighted by molar-refractivity contribution is 4.83. The molecule has 4 nitrogen and oxygen atoms in total. The molecule has 0 saturated heterocycles. The average Bonchev–Trinajstić information content (AvgIpc) is 2.41. The number of rotatable bonds is 10. The fourth-order valence-electron chi connectivity index (χ4n) is 2.74. The maximum Gasteiger partial charge on any atom is 0.0728 e. The van der Waals surface area contributed by atoms with Gasteiger partial charge in [0.1, 0.15) is 0 Å². The monoisotopic (exact) mass is 273 g/mol. The van der Waals surface area contributed by atoms with E-state index in [0.29, 0.717) is 13.2 Å². The molecule has 0 bridgehead atoms. The third-order valence-corrected chi connectivity index (χ3v) is 3.85. The topological polar surface area (TPSA) is 53.7 Å². The van der Waals surface area contributed by atoms with Crippen LogP contribution in [0.15, 0.2) is 0 Å². The van der Waals surface area contributed by atoms with E-state index < -0.39 is 0 Å². The molecule has 1 fully saturated rings. The van der Waals surface area contributed by atoms with E-state index in [0.717, 1.165) is 38.4 Å². The summed E-state index contributed by atoms with van der Waals surface area (Å²) >= 11 is 0. The first-order valence-corrected chi connectivity index (χ1v) is 7.71. The van der Waals surface area contributed by atoms with Gasteiger partial charge in [0.15, 0.2) is 0 Å². The van der Waals surface area contributed by atoms with Crippen LogP contribution in [-0.2, 0) is 14.2 Å². The van der Waals surface area contributed by atoms with E-state index >= 15 is 0 Å². The van der Waals surface area contributed by atoms with Crippen LogP contribution < -0.4 is 5.73 Å². The van der Waals surface area contributed by atoms with Gasteiger partial charge in [0.25, 0.3) is 0 Å². The van der Waals surface area contributed by atoms with Crippen LogP contribution in [0.3, 0.4) is 0 Å². The van der Waals surface area contributed by atoms with Gasteiger partial charge in [0.2, 0.25) is 0 Å². The molecule has 19 heavy (non-hydrogen) atoms. The minimum absolute atomic E-state index is 0.225. The quantitative estimate of drug-likeness (QED) is 0.621. The average molecular weight is 273 g/mol. The molecule has 2 N–H and O–H groups in total. The summed E-state index contributed by atoms with van der Waals surface area (Å²) in [6.07, 6.45) is 7.29. The van der Waals surface area contributed by atoms with E-state index in [2.05, 4.69) is 6.92 Å². The lowest BCUT2D eigenvalue weighted by atomic mass is 9.82. The molecule has 0 aromatic heterocycles. The minimum Gasteiger partial charge on any atom is -0.382 e. The van der Waals surface area contributed by atoms with E-state index in [4.69, 9.17) is 19.9 Å². The molecule has 1 aliphatic carbocycles. The summed E-state index contributed by atoms with van der Waals surface area (Å²) in [5, 5.41) is 0. The van der Waals surface area contributed by atoms with Crippen molar-refractivity contribution in [3.8, 4) is 0 Å². The Labute approximate surface area is 118 Å². The third-order valence-electron chi connectivity index (χ3n) is 3.85. The Balaban J connectivity index is 2.06. The zero-order valence-electron chi connectivity index (χ0n) is 12.6. The van der Waals surface area contributed by atoms with Gasteiger partial charge in [0, 0.05) is 26.4 Å². The Kier molecular flexibility index (Phi) is 9.43. The summed E-state index contributed by atoms with van der Waals surface area (Å²) in [5.41, 5.74) is 6.15. The fraction of sp³-hybridized carbons (Fsp3) is 1.00. The minimum atomic E-state index is 0.225. The molecule has 0 amide bonds.